The molecule has 90 valence electrons. The lowest BCUT2D eigenvalue weighted by molar-refractivity contribution is 0.235. The first-order valence-electron chi connectivity index (χ1n) is 5.75. The lowest BCUT2D eigenvalue weighted by Crippen LogP contribution is -2.27. The van der Waals surface area contributed by atoms with Gasteiger partial charge in [0.05, 0.1) is 25.2 Å². The third-order valence-corrected chi connectivity index (χ3v) is 2.88. The molecule has 1 aromatic carbocycles. The number of hydrogen-bond donors (Lipinski definition) is 2. The molecule has 0 amide bonds. The fraction of sp³-hybridized carbons (Fsp3) is 0.286. The maximum Gasteiger partial charge on any atom is 0.0950 e. The smallest absolute Gasteiger partial charge is 0.0950 e. The van der Waals surface area contributed by atoms with E-state index in [0.29, 0.717) is 0 Å². The highest BCUT2D eigenvalue weighted by Gasteiger charge is 2.14. The first-order valence-corrected chi connectivity index (χ1v) is 5.75. The van der Waals surface area contributed by atoms with Crippen LogP contribution >= 0.6 is 0 Å². The van der Waals surface area contributed by atoms with E-state index in [1.54, 1.807) is 12.5 Å². The summed E-state index contributed by atoms with van der Waals surface area (Å²) < 4.78 is 5.05. The van der Waals surface area contributed by atoms with Gasteiger partial charge in [-0.05, 0) is 18.6 Å². The molecule has 0 spiro atoms. The second-order valence-corrected chi connectivity index (χ2v) is 4.09. The van der Waals surface area contributed by atoms with Gasteiger partial charge in [0.25, 0.3) is 0 Å². The van der Waals surface area contributed by atoms with Gasteiger partial charge in [-0.15, -0.1) is 0 Å². The van der Waals surface area contributed by atoms with Crippen LogP contribution in [0, 0.1) is 0 Å². The Kier molecular flexibility index (Phi) is 3.96. The van der Waals surface area contributed by atoms with Crippen molar-refractivity contribution in [3.8, 4) is 0 Å². The summed E-state index contributed by atoms with van der Waals surface area (Å²) in [5, 5.41) is 12.8. The summed E-state index contributed by atoms with van der Waals surface area (Å²) in [7, 11) is 0. The molecule has 0 radical (unpaired) electrons. The summed E-state index contributed by atoms with van der Waals surface area (Å²) >= 11 is 0. The lowest BCUT2D eigenvalue weighted by Gasteiger charge is -2.21. The third-order valence-electron chi connectivity index (χ3n) is 2.88. The second-order valence-electron chi connectivity index (χ2n) is 4.09. The van der Waals surface area contributed by atoms with Crippen molar-refractivity contribution < 1.29 is 9.52 Å². The summed E-state index contributed by atoms with van der Waals surface area (Å²) in [6.45, 7) is 2.13. The molecule has 17 heavy (non-hydrogen) atoms. The number of hydrogen-bond acceptors (Lipinski definition) is 3. The largest absolute Gasteiger partial charge is 0.472 e. The Balaban J connectivity index is 2.06. The van der Waals surface area contributed by atoms with Crippen LogP contribution in [0.5, 0.6) is 0 Å². The van der Waals surface area contributed by atoms with Gasteiger partial charge in [-0.25, -0.2) is 0 Å². The Labute approximate surface area is 101 Å². The average molecular weight is 231 g/mol. The van der Waals surface area contributed by atoms with Gasteiger partial charge in [0.2, 0.25) is 0 Å². The van der Waals surface area contributed by atoms with Crippen LogP contribution in [0.2, 0.25) is 0 Å². The van der Waals surface area contributed by atoms with E-state index in [9.17, 15) is 5.11 Å². The van der Waals surface area contributed by atoms with Crippen molar-refractivity contribution in [1.82, 2.24) is 5.32 Å². The number of aliphatic hydroxyl groups is 1. The Bertz CT molecular complexity index is 425. The summed E-state index contributed by atoms with van der Waals surface area (Å²) in [4.78, 5) is 0. The molecule has 0 aliphatic carbocycles. The Morgan fingerprint density at radius 2 is 1.94 bits per heavy atom. The molecule has 2 N–H and O–H groups in total. The SMILES string of the molecule is CC(N[C@H](CO)c1ccccc1)c1ccoc1. The fourth-order valence-corrected chi connectivity index (χ4v) is 1.86. The van der Waals surface area contributed by atoms with Crippen molar-refractivity contribution in [2.75, 3.05) is 6.61 Å². The van der Waals surface area contributed by atoms with Crippen LogP contribution in [0.4, 0.5) is 0 Å². The van der Waals surface area contributed by atoms with Crippen LogP contribution in [0.1, 0.15) is 30.1 Å². The highest BCUT2D eigenvalue weighted by Crippen LogP contribution is 2.19. The van der Waals surface area contributed by atoms with E-state index in [4.69, 9.17) is 4.42 Å². The second kappa shape index (κ2) is 5.66. The van der Waals surface area contributed by atoms with E-state index in [0.717, 1.165) is 11.1 Å². The zero-order valence-electron chi connectivity index (χ0n) is 9.84. The number of benzene rings is 1. The normalized spacial score (nSPS) is 14.5. The number of furan rings is 1. The van der Waals surface area contributed by atoms with Crippen molar-refractivity contribution in [3.63, 3.8) is 0 Å². The van der Waals surface area contributed by atoms with Crippen molar-refractivity contribution in [3.05, 3.63) is 60.1 Å². The molecule has 3 heteroatoms. The third kappa shape index (κ3) is 2.96. The minimum absolute atomic E-state index is 0.0545. The molecule has 1 aromatic heterocycles. The van der Waals surface area contributed by atoms with Gasteiger partial charge in [0.15, 0.2) is 0 Å². The van der Waals surface area contributed by atoms with Crippen LogP contribution < -0.4 is 5.32 Å². The number of aliphatic hydroxyl groups excluding tert-OH is 1. The number of rotatable bonds is 5. The quantitative estimate of drug-likeness (QED) is 0.831. The maximum atomic E-state index is 9.44. The standard InChI is InChI=1S/C14H17NO2/c1-11(13-7-8-17-10-13)15-14(9-16)12-5-3-2-4-6-12/h2-8,10-11,14-16H,9H2,1H3/t11?,14-/m1/s1. The number of nitrogens with one attached hydrogen (secondary N) is 1. The topological polar surface area (TPSA) is 45.4 Å². The van der Waals surface area contributed by atoms with Crippen molar-refractivity contribution in [2.24, 2.45) is 0 Å². The highest BCUT2D eigenvalue weighted by atomic mass is 16.3. The molecule has 2 aromatic rings. The molecule has 3 nitrogen and oxygen atoms in total. The molecule has 2 atom stereocenters. The molecule has 1 heterocycles. The minimum atomic E-state index is -0.0545. The Hall–Kier alpha value is -1.58. The highest BCUT2D eigenvalue weighted by molar-refractivity contribution is 5.20. The molecular formula is C14H17NO2. The van der Waals surface area contributed by atoms with Gasteiger partial charge in [-0.1, -0.05) is 30.3 Å². The van der Waals surface area contributed by atoms with Gasteiger partial charge in [-0.3, -0.25) is 0 Å². The molecule has 0 aliphatic rings. The van der Waals surface area contributed by atoms with Gasteiger partial charge < -0.3 is 14.8 Å². The predicted molar refractivity (Wildman–Crippen MR) is 66.5 cm³/mol. The predicted octanol–water partition coefficient (Wildman–Crippen LogP) is 2.66. The average Bonchev–Trinajstić information content (AvgIpc) is 2.90. The molecule has 0 bridgehead atoms. The molecule has 0 saturated carbocycles. The molecule has 1 unspecified atom stereocenters. The van der Waals surface area contributed by atoms with E-state index in [1.165, 1.54) is 0 Å². The molecule has 0 aliphatic heterocycles. The summed E-state index contributed by atoms with van der Waals surface area (Å²) in [5.41, 5.74) is 2.17. The van der Waals surface area contributed by atoms with Crippen LogP contribution in [-0.2, 0) is 0 Å². The lowest BCUT2D eigenvalue weighted by atomic mass is 10.1. The van der Waals surface area contributed by atoms with E-state index < -0.39 is 0 Å². The van der Waals surface area contributed by atoms with Crippen LogP contribution in [-0.4, -0.2) is 11.7 Å². The van der Waals surface area contributed by atoms with Crippen molar-refractivity contribution in [2.45, 2.75) is 19.0 Å². The minimum Gasteiger partial charge on any atom is -0.472 e. The van der Waals surface area contributed by atoms with Gasteiger partial charge in [0.1, 0.15) is 0 Å². The van der Waals surface area contributed by atoms with E-state index >= 15 is 0 Å². The Morgan fingerprint density at radius 1 is 1.18 bits per heavy atom. The van der Waals surface area contributed by atoms with Crippen LogP contribution in [0.25, 0.3) is 0 Å². The van der Waals surface area contributed by atoms with Gasteiger partial charge >= 0.3 is 0 Å². The van der Waals surface area contributed by atoms with E-state index in [1.807, 2.05) is 36.4 Å². The summed E-state index contributed by atoms with van der Waals surface area (Å²) in [5.74, 6) is 0. The summed E-state index contributed by atoms with van der Waals surface area (Å²) in [6.07, 6.45) is 3.38. The van der Waals surface area contributed by atoms with E-state index in [-0.39, 0.29) is 18.7 Å². The van der Waals surface area contributed by atoms with Crippen molar-refractivity contribution in [1.29, 1.82) is 0 Å². The Morgan fingerprint density at radius 3 is 2.53 bits per heavy atom. The molecular weight excluding hydrogens is 214 g/mol. The first-order chi connectivity index (χ1) is 8.31. The van der Waals surface area contributed by atoms with Crippen LogP contribution in [0.3, 0.4) is 0 Å². The van der Waals surface area contributed by atoms with Gasteiger partial charge in [-0.2, -0.15) is 0 Å². The van der Waals surface area contributed by atoms with Crippen LogP contribution in [0.15, 0.2) is 53.3 Å². The van der Waals surface area contributed by atoms with E-state index in [2.05, 4.69) is 12.2 Å². The molecule has 0 fully saturated rings. The molecule has 0 saturated heterocycles. The van der Waals surface area contributed by atoms with Crippen molar-refractivity contribution >= 4 is 0 Å². The zero-order valence-corrected chi connectivity index (χ0v) is 9.84. The monoisotopic (exact) mass is 231 g/mol. The molecule has 2 rings (SSSR count). The van der Waals surface area contributed by atoms with Gasteiger partial charge in [0, 0.05) is 11.6 Å². The first kappa shape index (κ1) is 11.9. The fourth-order valence-electron chi connectivity index (χ4n) is 1.86. The summed E-state index contributed by atoms with van der Waals surface area (Å²) in [6, 6.07) is 12.0. The maximum absolute atomic E-state index is 9.44. The zero-order chi connectivity index (χ0) is 12.1.